The fourth-order valence-corrected chi connectivity index (χ4v) is 1.94. The molecular weight excluding hydrogens is 174 g/mol. The molecule has 0 saturated heterocycles. The number of carbonyl (C=O) groups is 1. The highest BCUT2D eigenvalue weighted by atomic mass is 16.1. The van der Waals surface area contributed by atoms with Crippen molar-refractivity contribution in [3.05, 3.63) is 0 Å². The summed E-state index contributed by atoms with van der Waals surface area (Å²) in [4.78, 5) is 14.0. The number of ketones is 1. The average Bonchev–Trinajstić information content (AvgIpc) is 2.17. The molecule has 0 bridgehead atoms. The number of carbonyl (C=O) groups excluding carboxylic acids is 1. The van der Waals surface area contributed by atoms with Gasteiger partial charge in [0.2, 0.25) is 0 Å². The molecule has 0 amide bonds. The number of Topliss-reactive ketones (excluding diaryl/α,β-unsaturated/α-hetero) is 1. The van der Waals surface area contributed by atoms with E-state index in [1.807, 2.05) is 19.0 Å². The molecule has 0 saturated carbocycles. The Kier molecular flexibility index (Phi) is 5.49. The van der Waals surface area contributed by atoms with E-state index in [0.29, 0.717) is 12.8 Å². The Morgan fingerprint density at radius 2 is 1.86 bits per heavy atom. The van der Waals surface area contributed by atoms with E-state index >= 15 is 0 Å². The zero-order valence-electron chi connectivity index (χ0n) is 9.76. The number of hydrogen-bond donors (Lipinski definition) is 0. The minimum absolute atomic E-state index is 0.269. The third-order valence-electron chi connectivity index (χ3n) is 3.04. The molecule has 0 aromatic rings. The van der Waals surface area contributed by atoms with Crippen LogP contribution in [0.2, 0.25) is 0 Å². The van der Waals surface area contributed by atoms with E-state index in [2.05, 4.69) is 19.8 Å². The van der Waals surface area contributed by atoms with E-state index in [0.717, 1.165) is 12.8 Å². The molecular formula is C12H21NO. The maximum atomic E-state index is 12.0. The molecule has 80 valence electrons. The van der Waals surface area contributed by atoms with Crippen LogP contribution < -0.4 is 0 Å². The summed E-state index contributed by atoms with van der Waals surface area (Å²) in [6, 6.07) is 0. The predicted octanol–water partition coefficient (Wildman–Crippen LogP) is 2.09. The van der Waals surface area contributed by atoms with E-state index in [4.69, 9.17) is 6.42 Å². The second-order valence-electron chi connectivity index (χ2n) is 3.76. The van der Waals surface area contributed by atoms with Gasteiger partial charge in [-0.25, -0.2) is 0 Å². The summed E-state index contributed by atoms with van der Waals surface area (Å²) in [5, 5.41) is 0. The number of rotatable bonds is 6. The van der Waals surface area contributed by atoms with Gasteiger partial charge in [-0.1, -0.05) is 13.8 Å². The molecule has 0 N–H and O–H groups in total. The van der Waals surface area contributed by atoms with Gasteiger partial charge in [0.15, 0.2) is 5.78 Å². The Morgan fingerprint density at radius 1 is 1.36 bits per heavy atom. The van der Waals surface area contributed by atoms with Crippen molar-refractivity contribution in [3.8, 4) is 12.3 Å². The molecule has 0 aromatic carbocycles. The lowest BCUT2D eigenvalue weighted by Gasteiger charge is -2.37. The lowest BCUT2D eigenvalue weighted by molar-refractivity contribution is -0.130. The second kappa shape index (κ2) is 5.82. The van der Waals surface area contributed by atoms with Gasteiger partial charge < -0.3 is 0 Å². The fourth-order valence-electron chi connectivity index (χ4n) is 1.94. The maximum Gasteiger partial charge on any atom is 0.153 e. The van der Waals surface area contributed by atoms with Crippen LogP contribution in [0.25, 0.3) is 0 Å². The number of hydrogen-bond acceptors (Lipinski definition) is 2. The van der Waals surface area contributed by atoms with Crippen molar-refractivity contribution in [3.63, 3.8) is 0 Å². The molecule has 0 spiro atoms. The molecule has 0 aliphatic carbocycles. The van der Waals surface area contributed by atoms with Crippen molar-refractivity contribution in [2.75, 3.05) is 14.1 Å². The minimum Gasteiger partial charge on any atom is -0.298 e. The van der Waals surface area contributed by atoms with Crippen molar-refractivity contribution in [1.29, 1.82) is 0 Å². The Balaban J connectivity index is 4.64. The van der Waals surface area contributed by atoms with Gasteiger partial charge in [-0.3, -0.25) is 9.69 Å². The van der Waals surface area contributed by atoms with Gasteiger partial charge in [0, 0.05) is 12.8 Å². The van der Waals surface area contributed by atoms with Crippen molar-refractivity contribution >= 4 is 5.78 Å². The molecule has 2 heteroatoms. The zero-order valence-corrected chi connectivity index (χ0v) is 9.76. The van der Waals surface area contributed by atoms with Crippen LogP contribution in [-0.2, 0) is 4.79 Å². The van der Waals surface area contributed by atoms with Crippen LogP contribution in [-0.4, -0.2) is 30.3 Å². The van der Waals surface area contributed by atoms with Gasteiger partial charge in [-0.05, 0) is 26.9 Å². The molecule has 14 heavy (non-hydrogen) atoms. The summed E-state index contributed by atoms with van der Waals surface area (Å²) in [5.41, 5.74) is -0.309. The van der Waals surface area contributed by atoms with Crippen molar-refractivity contribution in [2.24, 2.45) is 0 Å². The van der Waals surface area contributed by atoms with Crippen LogP contribution >= 0.6 is 0 Å². The largest absolute Gasteiger partial charge is 0.298 e. The van der Waals surface area contributed by atoms with E-state index in [9.17, 15) is 4.79 Å². The third-order valence-corrected chi connectivity index (χ3v) is 3.04. The smallest absolute Gasteiger partial charge is 0.153 e. The molecule has 0 radical (unpaired) electrons. The molecule has 0 unspecified atom stereocenters. The standard InChI is InChI=1S/C12H21NO/c1-6-9-10-11(14)12(7-2,8-3)13(4)5/h1H,7-10H2,2-5H3. The van der Waals surface area contributed by atoms with E-state index < -0.39 is 0 Å². The molecule has 0 aliphatic heterocycles. The van der Waals surface area contributed by atoms with Gasteiger partial charge in [-0.15, -0.1) is 12.3 Å². The quantitative estimate of drug-likeness (QED) is 0.605. The van der Waals surface area contributed by atoms with Gasteiger partial charge in [0.25, 0.3) is 0 Å². The first-order valence-electron chi connectivity index (χ1n) is 5.19. The van der Waals surface area contributed by atoms with Crippen LogP contribution in [0.5, 0.6) is 0 Å². The lowest BCUT2D eigenvalue weighted by Crippen LogP contribution is -2.50. The third kappa shape index (κ3) is 2.59. The van der Waals surface area contributed by atoms with Crippen LogP contribution in [0.4, 0.5) is 0 Å². The Morgan fingerprint density at radius 3 is 2.14 bits per heavy atom. The summed E-state index contributed by atoms with van der Waals surface area (Å²) >= 11 is 0. The van der Waals surface area contributed by atoms with Crippen LogP contribution in [0.15, 0.2) is 0 Å². The van der Waals surface area contributed by atoms with Crippen molar-refractivity contribution in [2.45, 2.75) is 45.1 Å². The first-order valence-corrected chi connectivity index (χ1v) is 5.19. The van der Waals surface area contributed by atoms with E-state index in [-0.39, 0.29) is 11.3 Å². The Bertz CT molecular complexity index is 221. The van der Waals surface area contributed by atoms with Crippen LogP contribution in [0.3, 0.4) is 0 Å². The second-order valence-corrected chi connectivity index (χ2v) is 3.76. The van der Waals surface area contributed by atoms with Crippen LogP contribution in [0.1, 0.15) is 39.5 Å². The minimum atomic E-state index is -0.309. The fraction of sp³-hybridized carbons (Fsp3) is 0.750. The number of terminal acetylenes is 1. The first-order chi connectivity index (χ1) is 6.55. The molecule has 0 heterocycles. The van der Waals surface area contributed by atoms with Crippen molar-refractivity contribution < 1.29 is 4.79 Å². The SMILES string of the molecule is C#CCCC(=O)C(CC)(CC)N(C)C. The molecule has 0 rings (SSSR count). The summed E-state index contributed by atoms with van der Waals surface area (Å²) in [6.07, 6.45) is 7.90. The highest BCUT2D eigenvalue weighted by Gasteiger charge is 2.35. The summed E-state index contributed by atoms with van der Waals surface area (Å²) in [7, 11) is 3.92. The Hall–Kier alpha value is -0.810. The molecule has 2 nitrogen and oxygen atoms in total. The normalized spacial score (nSPS) is 11.4. The molecule has 0 fully saturated rings. The van der Waals surface area contributed by atoms with Gasteiger partial charge >= 0.3 is 0 Å². The summed E-state index contributed by atoms with van der Waals surface area (Å²) in [5.74, 6) is 2.79. The molecule has 0 atom stereocenters. The highest BCUT2D eigenvalue weighted by Crippen LogP contribution is 2.24. The van der Waals surface area contributed by atoms with Gasteiger partial charge in [-0.2, -0.15) is 0 Å². The van der Waals surface area contributed by atoms with E-state index in [1.165, 1.54) is 0 Å². The molecule has 0 aromatic heterocycles. The first kappa shape index (κ1) is 13.2. The predicted molar refractivity (Wildman–Crippen MR) is 60.1 cm³/mol. The van der Waals surface area contributed by atoms with Crippen LogP contribution in [0, 0.1) is 12.3 Å². The summed E-state index contributed by atoms with van der Waals surface area (Å²) in [6.45, 7) is 4.11. The average molecular weight is 195 g/mol. The van der Waals surface area contributed by atoms with E-state index in [1.54, 1.807) is 0 Å². The van der Waals surface area contributed by atoms with Gasteiger partial charge in [0.05, 0.1) is 5.54 Å². The Labute approximate surface area is 87.7 Å². The van der Waals surface area contributed by atoms with Crippen molar-refractivity contribution in [1.82, 2.24) is 4.90 Å². The number of likely N-dealkylation sites (N-methyl/N-ethyl adjacent to an activating group) is 1. The molecule has 0 aliphatic rings. The summed E-state index contributed by atoms with van der Waals surface area (Å²) < 4.78 is 0. The lowest BCUT2D eigenvalue weighted by atomic mass is 9.84. The topological polar surface area (TPSA) is 20.3 Å². The number of nitrogens with zero attached hydrogens (tertiary/aromatic N) is 1. The zero-order chi connectivity index (χ0) is 11.2. The van der Waals surface area contributed by atoms with Gasteiger partial charge in [0.1, 0.15) is 0 Å². The maximum absolute atomic E-state index is 12.0. The highest BCUT2D eigenvalue weighted by molar-refractivity contribution is 5.88. The monoisotopic (exact) mass is 195 g/mol.